The van der Waals surface area contributed by atoms with Gasteiger partial charge >= 0.3 is 6.18 Å². The van der Waals surface area contributed by atoms with Gasteiger partial charge in [-0.05, 0) is 37.3 Å². The summed E-state index contributed by atoms with van der Waals surface area (Å²) in [5, 5.41) is 0. The molecule has 0 N–H and O–H groups in total. The van der Waals surface area contributed by atoms with E-state index in [9.17, 15) is 22.0 Å². The lowest BCUT2D eigenvalue weighted by atomic mass is 9.98. The molecular weight excluding hydrogens is 289 g/mol. The number of rotatable bonds is 3. The molecule has 2 fully saturated rings. The highest BCUT2D eigenvalue weighted by Crippen LogP contribution is 2.47. The third kappa shape index (κ3) is 3.05. The summed E-state index contributed by atoms with van der Waals surface area (Å²) in [5.41, 5.74) is -0.720. The number of hydrogen-bond acceptors (Lipinski definition) is 1. The fraction of sp³-hybridized carbons (Fsp3) is 0.600. The van der Waals surface area contributed by atoms with Crippen LogP contribution in [0.2, 0.25) is 0 Å². The zero-order valence-corrected chi connectivity index (χ0v) is 11.3. The molecule has 0 unspecified atom stereocenters. The van der Waals surface area contributed by atoms with E-state index in [-0.39, 0.29) is 24.1 Å². The summed E-state index contributed by atoms with van der Waals surface area (Å²) < 4.78 is 65.3. The third-order valence-corrected chi connectivity index (χ3v) is 4.27. The normalized spacial score (nSPS) is 25.3. The van der Waals surface area contributed by atoms with Crippen molar-refractivity contribution in [3.63, 3.8) is 0 Å². The highest BCUT2D eigenvalue weighted by atomic mass is 19.4. The quantitative estimate of drug-likeness (QED) is 0.751. The Morgan fingerprint density at radius 1 is 1.14 bits per heavy atom. The van der Waals surface area contributed by atoms with Gasteiger partial charge in [-0.25, -0.2) is 8.78 Å². The van der Waals surface area contributed by atoms with Crippen LogP contribution in [0, 0.1) is 11.7 Å². The molecule has 116 valence electrons. The minimum atomic E-state index is -4.55. The lowest BCUT2D eigenvalue weighted by molar-refractivity contribution is -0.137. The Labute approximate surface area is 119 Å². The predicted octanol–water partition coefficient (Wildman–Crippen LogP) is 4.34. The van der Waals surface area contributed by atoms with Crippen LogP contribution in [0.25, 0.3) is 0 Å². The van der Waals surface area contributed by atoms with E-state index in [4.69, 9.17) is 0 Å². The zero-order valence-electron chi connectivity index (χ0n) is 11.3. The number of benzene rings is 1. The molecular formula is C15H16F5N. The Bertz CT molecular complexity index is 523. The molecule has 21 heavy (non-hydrogen) atoms. The molecule has 2 aliphatic rings. The van der Waals surface area contributed by atoms with Crippen molar-refractivity contribution in [2.45, 2.75) is 37.7 Å². The standard InChI is InChI=1S/C15H16F5N/c16-11-5-6-21(8-11)14(9-1-2-9)12-4-3-10(7-13(12)17)15(18,19)20/h3-4,7,9,11,14H,1-2,5-6,8H2/t11-,14+/m0/s1. The second-order valence-corrected chi connectivity index (χ2v) is 5.90. The smallest absolute Gasteiger partial charge is 0.293 e. The van der Waals surface area contributed by atoms with Crippen LogP contribution < -0.4 is 0 Å². The van der Waals surface area contributed by atoms with Gasteiger partial charge in [0, 0.05) is 24.7 Å². The SMILES string of the molecule is Fc1cc(C(F)(F)F)ccc1[C@@H](C1CC1)N1CC[C@H](F)C1. The minimum absolute atomic E-state index is 0.224. The summed E-state index contributed by atoms with van der Waals surface area (Å²) in [5.74, 6) is -0.620. The van der Waals surface area contributed by atoms with E-state index < -0.39 is 23.7 Å². The Balaban J connectivity index is 1.89. The summed E-state index contributed by atoms with van der Waals surface area (Å²) in [4.78, 5) is 1.87. The van der Waals surface area contributed by atoms with Gasteiger partial charge in [-0.1, -0.05) is 6.07 Å². The summed E-state index contributed by atoms with van der Waals surface area (Å²) in [6.07, 6.45) is -3.24. The molecule has 0 spiro atoms. The van der Waals surface area contributed by atoms with Crippen molar-refractivity contribution < 1.29 is 22.0 Å². The van der Waals surface area contributed by atoms with E-state index in [2.05, 4.69) is 0 Å². The summed E-state index contributed by atoms with van der Waals surface area (Å²) in [6.45, 7) is 0.768. The second-order valence-electron chi connectivity index (χ2n) is 5.90. The first-order valence-electron chi connectivity index (χ1n) is 7.11. The lowest BCUT2D eigenvalue weighted by Crippen LogP contribution is -2.29. The molecule has 1 aromatic rings. The molecule has 0 radical (unpaired) electrons. The Kier molecular flexibility index (Phi) is 3.67. The molecule has 1 aromatic carbocycles. The topological polar surface area (TPSA) is 3.24 Å². The van der Waals surface area contributed by atoms with Crippen LogP contribution in [0.3, 0.4) is 0 Å². The first-order chi connectivity index (χ1) is 9.86. The largest absolute Gasteiger partial charge is 0.416 e. The van der Waals surface area contributed by atoms with Crippen LogP contribution in [0.1, 0.15) is 36.4 Å². The van der Waals surface area contributed by atoms with Crippen molar-refractivity contribution in [3.05, 3.63) is 35.1 Å². The molecule has 0 bridgehead atoms. The van der Waals surface area contributed by atoms with Gasteiger partial charge in [-0.2, -0.15) is 13.2 Å². The fourth-order valence-corrected chi connectivity index (χ4v) is 3.10. The number of halogens is 5. The number of nitrogens with zero attached hydrogens (tertiary/aromatic N) is 1. The van der Waals surface area contributed by atoms with Crippen molar-refractivity contribution in [1.82, 2.24) is 4.90 Å². The molecule has 1 saturated carbocycles. The molecule has 1 aliphatic carbocycles. The number of hydrogen-bond donors (Lipinski definition) is 0. The highest BCUT2D eigenvalue weighted by Gasteiger charge is 2.41. The van der Waals surface area contributed by atoms with Crippen molar-refractivity contribution in [3.8, 4) is 0 Å². The molecule has 1 saturated heterocycles. The lowest BCUT2D eigenvalue weighted by Gasteiger charge is -2.28. The van der Waals surface area contributed by atoms with Crippen molar-refractivity contribution >= 4 is 0 Å². The van der Waals surface area contributed by atoms with E-state index in [0.29, 0.717) is 19.0 Å². The van der Waals surface area contributed by atoms with Gasteiger partial charge in [0.15, 0.2) is 0 Å². The van der Waals surface area contributed by atoms with Crippen LogP contribution in [-0.2, 0) is 6.18 Å². The van der Waals surface area contributed by atoms with E-state index in [0.717, 1.165) is 18.9 Å². The van der Waals surface area contributed by atoms with E-state index in [1.54, 1.807) is 0 Å². The van der Waals surface area contributed by atoms with Crippen LogP contribution in [-0.4, -0.2) is 24.2 Å². The van der Waals surface area contributed by atoms with E-state index in [1.165, 1.54) is 6.07 Å². The Morgan fingerprint density at radius 2 is 1.86 bits per heavy atom. The predicted molar refractivity (Wildman–Crippen MR) is 68.0 cm³/mol. The molecule has 0 amide bonds. The van der Waals surface area contributed by atoms with Crippen molar-refractivity contribution in [1.29, 1.82) is 0 Å². The Hall–Kier alpha value is -1.17. The van der Waals surface area contributed by atoms with Crippen LogP contribution in [0.5, 0.6) is 0 Å². The Morgan fingerprint density at radius 3 is 2.33 bits per heavy atom. The van der Waals surface area contributed by atoms with Crippen LogP contribution >= 0.6 is 0 Å². The van der Waals surface area contributed by atoms with Gasteiger partial charge in [0.1, 0.15) is 12.0 Å². The molecule has 6 heteroatoms. The van der Waals surface area contributed by atoms with Gasteiger partial charge < -0.3 is 0 Å². The average molecular weight is 305 g/mol. The summed E-state index contributed by atoms with van der Waals surface area (Å²) in [6, 6.07) is 2.38. The number of likely N-dealkylation sites (tertiary alicyclic amines) is 1. The molecule has 1 heterocycles. The molecule has 1 aliphatic heterocycles. The van der Waals surface area contributed by atoms with Gasteiger partial charge in [0.05, 0.1) is 5.56 Å². The van der Waals surface area contributed by atoms with E-state index >= 15 is 0 Å². The van der Waals surface area contributed by atoms with Gasteiger partial charge in [-0.15, -0.1) is 0 Å². The van der Waals surface area contributed by atoms with Crippen molar-refractivity contribution in [2.75, 3.05) is 13.1 Å². The monoisotopic (exact) mass is 305 g/mol. The van der Waals surface area contributed by atoms with Crippen molar-refractivity contribution in [2.24, 2.45) is 5.92 Å². The van der Waals surface area contributed by atoms with Crippen LogP contribution in [0.15, 0.2) is 18.2 Å². The highest BCUT2D eigenvalue weighted by molar-refractivity contribution is 5.30. The minimum Gasteiger partial charge on any atom is -0.293 e. The summed E-state index contributed by atoms with van der Waals surface area (Å²) in [7, 11) is 0. The zero-order chi connectivity index (χ0) is 15.2. The van der Waals surface area contributed by atoms with Crippen LogP contribution in [0.4, 0.5) is 22.0 Å². The fourth-order valence-electron chi connectivity index (χ4n) is 3.10. The molecule has 1 nitrogen and oxygen atoms in total. The van der Waals surface area contributed by atoms with E-state index in [1.807, 2.05) is 4.90 Å². The summed E-state index contributed by atoms with van der Waals surface area (Å²) >= 11 is 0. The maximum absolute atomic E-state index is 14.1. The third-order valence-electron chi connectivity index (χ3n) is 4.27. The molecule has 3 rings (SSSR count). The van der Waals surface area contributed by atoms with Gasteiger partial charge in [0.25, 0.3) is 0 Å². The number of alkyl halides is 4. The first-order valence-corrected chi connectivity index (χ1v) is 7.11. The maximum Gasteiger partial charge on any atom is 0.416 e. The molecule has 2 atom stereocenters. The van der Waals surface area contributed by atoms with Gasteiger partial charge in [0.2, 0.25) is 0 Å². The average Bonchev–Trinajstić information content (AvgIpc) is 3.13. The second kappa shape index (κ2) is 5.23. The maximum atomic E-state index is 14.1. The molecule has 0 aromatic heterocycles. The first kappa shape index (κ1) is 14.8. The van der Waals surface area contributed by atoms with Gasteiger partial charge in [-0.3, -0.25) is 4.90 Å².